The number of carbonyl (C=O) groups is 1. The fourth-order valence-corrected chi connectivity index (χ4v) is 2.55. The first kappa shape index (κ1) is 13.5. The van der Waals surface area contributed by atoms with Crippen LogP contribution in [-0.2, 0) is 4.79 Å². The van der Waals surface area contributed by atoms with Crippen molar-refractivity contribution in [2.75, 3.05) is 0 Å². The average Bonchev–Trinajstić information content (AvgIpc) is 2.17. The molecule has 0 bridgehead atoms. The predicted molar refractivity (Wildman–Crippen MR) is 67.0 cm³/mol. The Kier molecular flexibility index (Phi) is 4.36. The molecule has 1 saturated carbocycles. The van der Waals surface area contributed by atoms with Crippen molar-refractivity contribution < 1.29 is 4.79 Å². The normalized spacial score (nSPS) is 27.1. The van der Waals surface area contributed by atoms with E-state index in [0.717, 1.165) is 11.8 Å². The van der Waals surface area contributed by atoms with Gasteiger partial charge >= 0.3 is 0 Å². The molecule has 0 radical (unpaired) electrons. The van der Waals surface area contributed by atoms with Crippen molar-refractivity contribution in [2.45, 2.75) is 65.0 Å². The molecule has 1 rings (SSSR count). The number of hydrogen-bond donors (Lipinski definition) is 2. The molecular weight excluding hydrogens is 200 g/mol. The summed E-state index contributed by atoms with van der Waals surface area (Å²) in [6, 6.07) is 0.448. The van der Waals surface area contributed by atoms with E-state index in [-0.39, 0.29) is 5.91 Å². The van der Waals surface area contributed by atoms with E-state index in [4.69, 9.17) is 5.73 Å². The molecule has 1 aliphatic carbocycles. The molecule has 0 aromatic carbocycles. The van der Waals surface area contributed by atoms with Gasteiger partial charge in [0.25, 0.3) is 0 Å². The highest BCUT2D eigenvalue weighted by Crippen LogP contribution is 2.30. The lowest BCUT2D eigenvalue weighted by Gasteiger charge is -2.36. The highest BCUT2D eigenvalue weighted by molar-refractivity contribution is 5.83. The Morgan fingerprint density at radius 1 is 1.38 bits per heavy atom. The van der Waals surface area contributed by atoms with Crippen LogP contribution in [0.5, 0.6) is 0 Å². The quantitative estimate of drug-likeness (QED) is 0.771. The molecule has 3 N–H and O–H groups in total. The molecular formula is C13H26N2O. The fourth-order valence-electron chi connectivity index (χ4n) is 2.55. The predicted octanol–water partition coefficient (Wildman–Crippen LogP) is 2.05. The maximum atomic E-state index is 11.3. The highest BCUT2D eigenvalue weighted by atomic mass is 16.1. The second-order valence-electron chi connectivity index (χ2n) is 6.00. The molecule has 16 heavy (non-hydrogen) atoms. The number of carbonyl (C=O) groups excluding carboxylic acids is 1. The summed E-state index contributed by atoms with van der Waals surface area (Å²) in [5, 5.41) is 3.40. The summed E-state index contributed by atoms with van der Waals surface area (Å²) in [7, 11) is 0. The van der Waals surface area contributed by atoms with Gasteiger partial charge in [-0.1, -0.05) is 26.7 Å². The van der Waals surface area contributed by atoms with E-state index < -0.39 is 5.54 Å². The van der Waals surface area contributed by atoms with Gasteiger partial charge in [0, 0.05) is 6.04 Å². The third-order valence-electron chi connectivity index (χ3n) is 3.84. The average molecular weight is 226 g/mol. The van der Waals surface area contributed by atoms with E-state index in [1.54, 1.807) is 0 Å². The topological polar surface area (TPSA) is 55.1 Å². The van der Waals surface area contributed by atoms with Gasteiger partial charge in [0.15, 0.2) is 0 Å². The van der Waals surface area contributed by atoms with Gasteiger partial charge in [-0.2, -0.15) is 0 Å². The maximum Gasteiger partial charge on any atom is 0.237 e. The minimum absolute atomic E-state index is 0.265. The SMILES string of the molecule is CC(C)C1CCCC(NC(C)(C)C(N)=O)C1. The summed E-state index contributed by atoms with van der Waals surface area (Å²) in [5.74, 6) is 1.26. The van der Waals surface area contributed by atoms with Gasteiger partial charge in [-0.25, -0.2) is 0 Å². The molecule has 2 unspecified atom stereocenters. The van der Waals surface area contributed by atoms with Gasteiger partial charge in [-0.3, -0.25) is 4.79 Å². The lowest BCUT2D eigenvalue weighted by molar-refractivity contribution is -0.123. The fraction of sp³-hybridized carbons (Fsp3) is 0.923. The molecule has 2 atom stereocenters. The van der Waals surface area contributed by atoms with Crippen molar-refractivity contribution >= 4 is 5.91 Å². The van der Waals surface area contributed by atoms with E-state index in [9.17, 15) is 4.79 Å². The first-order valence-electron chi connectivity index (χ1n) is 6.40. The molecule has 0 aromatic heterocycles. The highest BCUT2D eigenvalue weighted by Gasteiger charge is 2.31. The van der Waals surface area contributed by atoms with Crippen LogP contribution in [0.1, 0.15) is 53.4 Å². The van der Waals surface area contributed by atoms with Gasteiger partial charge in [-0.15, -0.1) is 0 Å². The molecule has 3 heteroatoms. The second kappa shape index (κ2) is 5.17. The standard InChI is InChI=1S/C13H26N2O/c1-9(2)10-6-5-7-11(8-10)15-13(3,4)12(14)16/h9-11,15H,5-8H2,1-4H3,(H2,14,16). The van der Waals surface area contributed by atoms with Crippen LogP contribution in [-0.4, -0.2) is 17.5 Å². The van der Waals surface area contributed by atoms with E-state index in [1.165, 1.54) is 25.7 Å². The Labute approximate surface area is 99.2 Å². The zero-order valence-corrected chi connectivity index (χ0v) is 11.0. The minimum Gasteiger partial charge on any atom is -0.368 e. The third kappa shape index (κ3) is 3.48. The maximum absolute atomic E-state index is 11.3. The van der Waals surface area contributed by atoms with Gasteiger partial charge in [0.05, 0.1) is 5.54 Å². The molecule has 0 aliphatic heterocycles. The summed E-state index contributed by atoms with van der Waals surface area (Å²) < 4.78 is 0. The first-order chi connectivity index (χ1) is 7.33. The number of primary amides is 1. The Morgan fingerprint density at radius 2 is 2.00 bits per heavy atom. The Hall–Kier alpha value is -0.570. The van der Waals surface area contributed by atoms with Crippen molar-refractivity contribution in [3.63, 3.8) is 0 Å². The van der Waals surface area contributed by atoms with Crippen molar-refractivity contribution in [1.29, 1.82) is 0 Å². The summed E-state index contributed by atoms with van der Waals surface area (Å²) in [4.78, 5) is 11.3. The number of hydrogen-bond acceptors (Lipinski definition) is 2. The van der Waals surface area contributed by atoms with Crippen LogP contribution in [0, 0.1) is 11.8 Å². The van der Waals surface area contributed by atoms with Gasteiger partial charge in [0.2, 0.25) is 5.91 Å². The lowest BCUT2D eigenvalue weighted by atomic mass is 9.78. The lowest BCUT2D eigenvalue weighted by Crippen LogP contribution is -2.55. The van der Waals surface area contributed by atoms with E-state index in [0.29, 0.717) is 6.04 Å². The van der Waals surface area contributed by atoms with Gasteiger partial charge in [-0.05, 0) is 38.5 Å². The summed E-state index contributed by atoms with van der Waals surface area (Å²) in [5.41, 5.74) is 4.80. The van der Waals surface area contributed by atoms with Crippen molar-refractivity contribution in [1.82, 2.24) is 5.32 Å². The van der Waals surface area contributed by atoms with E-state index >= 15 is 0 Å². The van der Waals surface area contributed by atoms with Crippen molar-refractivity contribution in [3.8, 4) is 0 Å². The number of amides is 1. The largest absolute Gasteiger partial charge is 0.368 e. The van der Waals surface area contributed by atoms with Gasteiger partial charge < -0.3 is 11.1 Å². The van der Waals surface area contributed by atoms with Crippen LogP contribution in [0.25, 0.3) is 0 Å². The Morgan fingerprint density at radius 3 is 2.50 bits per heavy atom. The van der Waals surface area contributed by atoms with Crippen LogP contribution < -0.4 is 11.1 Å². The second-order valence-corrected chi connectivity index (χ2v) is 6.00. The molecule has 0 saturated heterocycles. The van der Waals surface area contributed by atoms with Crippen LogP contribution >= 0.6 is 0 Å². The van der Waals surface area contributed by atoms with E-state index in [1.807, 2.05) is 13.8 Å². The zero-order chi connectivity index (χ0) is 12.3. The van der Waals surface area contributed by atoms with Crippen molar-refractivity contribution in [3.05, 3.63) is 0 Å². The first-order valence-corrected chi connectivity index (χ1v) is 6.40. The minimum atomic E-state index is -0.580. The zero-order valence-electron chi connectivity index (χ0n) is 11.0. The third-order valence-corrected chi connectivity index (χ3v) is 3.84. The summed E-state index contributed by atoms with van der Waals surface area (Å²) in [6.45, 7) is 8.31. The molecule has 1 fully saturated rings. The molecule has 3 nitrogen and oxygen atoms in total. The molecule has 1 amide bonds. The van der Waals surface area contributed by atoms with E-state index in [2.05, 4.69) is 19.2 Å². The Bertz CT molecular complexity index is 248. The number of nitrogens with two attached hydrogens (primary N) is 1. The molecule has 0 spiro atoms. The number of nitrogens with one attached hydrogen (secondary N) is 1. The van der Waals surface area contributed by atoms with Crippen LogP contribution in [0.4, 0.5) is 0 Å². The molecule has 0 heterocycles. The summed E-state index contributed by atoms with van der Waals surface area (Å²) in [6.07, 6.45) is 4.93. The van der Waals surface area contributed by atoms with Crippen LogP contribution in [0.3, 0.4) is 0 Å². The summed E-state index contributed by atoms with van der Waals surface area (Å²) >= 11 is 0. The van der Waals surface area contributed by atoms with Crippen LogP contribution in [0.2, 0.25) is 0 Å². The van der Waals surface area contributed by atoms with Crippen LogP contribution in [0.15, 0.2) is 0 Å². The number of rotatable bonds is 4. The molecule has 0 aromatic rings. The molecule has 1 aliphatic rings. The monoisotopic (exact) mass is 226 g/mol. The smallest absolute Gasteiger partial charge is 0.237 e. The van der Waals surface area contributed by atoms with Gasteiger partial charge in [0.1, 0.15) is 0 Å². The molecule has 94 valence electrons. The Balaban J connectivity index is 2.52. The van der Waals surface area contributed by atoms with Crippen molar-refractivity contribution in [2.24, 2.45) is 17.6 Å².